The van der Waals surface area contributed by atoms with Crippen LogP contribution in [-0.4, -0.2) is 23.9 Å². The van der Waals surface area contributed by atoms with Gasteiger partial charge in [0.1, 0.15) is 0 Å². The van der Waals surface area contributed by atoms with Gasteiger partial charge in [-0.05, 0) is 55.7 Å². The zero-order chi connectivity index (χ0) is 14.9. The Bertz CT molecular complexity index is 524. The molecule has 1 aromatic rings. The molecule has 0 bridgehead atoms. The number of carbonyl (C=O) groups excluding carboxylic acids is 1. The predicted molar refractivity (Wildman–Crippen MR) is 89.5 cm³/mol. The number of piperidine rings is 1. The molecule has 1 heterocycles. The molecule has 3 rings (SSSR count). The second-order valence-corrected chi connectivity index (χ2v) is 7.73. The highest BCUT2D eigenvalue weighted by Crippen LogP contribution is 2.44. The van der Waals surface area contributed by atoms with Crippen molar-refractivity contribution in [2.45, 2.75) is 51.9 Å². The average molecular weight is 350 g/mol. The van der Waals surface area contributed by atoms with Crippen molar-refractivity contribution in [1.82, 2.24) is 4.90 Å². The topological polar surface area (TPSA) is 20.3 Å². The maximum absolute atomic E-state index is 12.7. The van der Waals surface area contributed by atoms with Crippen molar-refractivity contribution in [1.29, 1.82) is 0 Å². The summed E-state index contributed by atoms with van der Waals surface area (Å²) in [5.41, 5.74) is 2.48. The molecule has 2 nitrogen and oxygen atoms in total. The Morgan fingerprint density at radius 2 is 1.76 bits per heavy atom. The van der Waals surface area contributed by atoms with Gasteiger partial charge < -0.3 is 4.90 Å². The van der Waals surface area contributed by atoms with Crippen LogP contribution in [-0.2, 0) is 0 Å². The summed E-state index contributed by atoms with van der Waals surface area (Å²) in [6.07, 6.45) is 9.34. The van der Waals surface area contributed by atoms with Gasteiger partial charge in [0.2, 0.25) is 0 Å². The highest BCUT2D eigenvalue weighted by Gasteiger charge is 2.36. The van der Waals surface area contributed by atoms with Gasteiger partial charge in [-0.1, -0.05) is 41.3 Å². The minimum Gasteiger partial charge on any atom is -0.339 e. The van der Waals surface area contributed by atoms with Crippen LogP contribution >= 0.6 is 15.9 Å². The van der Waals surface area contributed by atoms with Crippen molar-refractivity contribution in [3.8, 4) is 0 Å². The number of aryl methyl sites for hydroxylation is 1. The smallest absolute Gasteiger partial charge is 0.254 e. The number of likely N-dealkylation sites (tertiary alicyclic amines) is 1. The third-order valence-electron chi connectivity index (χ3n) is 5.46. The summed E-state index contributed by atoms with van der Waals surface area (Å²) in [4.78, 5) is 14.8. The summed E-state index contributed by atoms with van der Waals surface area (Å²) in [7, 11) is 0. The Hall–Kier alpha value is -0.830. The number of rotatable bonds is 1. The van der Waals surface area contributed by atoms with E-state index in [0.29, 0.717) is 5.41 Å². The van der Waals surface area contributed by atoms with Gasteiger partial charge in [-0.25, -0.2) is 0 Å². The van der Waals surface area contributed by atoms with E-state index in [0.717, 1.165) is 28.7 Å². The number of amides is 1. The molecule has 3 heteroatoms. The fraction of sp³-hybridized carbons (Fsp3) is 0.611. The first-order valence-electron chi connectivity index (χ1n) is 8.15. The molecule has 1 aliphatic carbocycles. The summed E-state index contributed by atoms with van der Waals surface area (Å²) < 4.78 is 0.984. The van der Waals surface area contributed by atoms with Gasteiger partial charge in [0.15, 0.2) is 0 Å². The van der Waals surface area contributed by atoms with Gasteiger partial charge >= 0.3 is 0 Å². The molecular weight excluding hydrogens is 326 g/mol. The second-order valence-electron chi connectivity index (χ2n) is 6.81. The molecule has 0 unspecified atom stereocenters. The summed E-state index contributed by atoms with van der Waals surface area (Å²) in [6, 6.07) is 5.98. The summed E-state index contributed by atoms with van der Waals surface area (Å²) in [5, 5.41) is 0. The number of benzene rings is 1. The van der Waals surface area contributed by atoms with Gasteiger partial charge in [-0.3, -0.25) is 4.79 Å². The lowest BCUT2D eigenvalue weighted by atomic mass is 9.68. The summed E-state index contributed by atoms with van der Waals surface area (Å²) >= 11 is 3.48. The SMILES string of the molecule is Cc1ccc(Br)cc1C(=O)N1CCC2(CCCCC2)CC1. The van der Waals surface area contributed by atoms with Crippen molar-refractivity contribution in [2.75, 3.05) is 13.1 Å². The Kier molecular flexibility index (Phi) is 4.39. The third kappa shape index (κ3) is 3.18. The van der Waals surface area contributed by atoms with E-state index in [1.807, 2.05) is 25.1 Å². The Labute approximate surface area is 136 Å². The first-order chi connectivity index (χ1) is 10.1. The molecular formula is C18H24BrNO. The first-order valence-corrected chi connectivity index (χ1v) is 8.94. The second kappa shape index (κ2) is 6.12. The lowest BCUT2D eigenvalue weighted by molar-refractivity contribution is 0.0471. The molecule has 0 N–H and O–H groups in total. The normalized spacial score (nSPS) is 21.5. The van der Waals surface area contributed by atoms with Crippen LogP contribution in [0.5, 0.6) is 0 Å². The molecule has 2 fully saturated rings. The zero-order valence-corrected chi connectivity index (χ0v) is 14.4. The third-order valence-corrected chi connectivity index (χ3v) is 5.95. The van der Waals surface area contributed by atoms with Crippen LogP contribution in [0.2, 0.25) is 0 Å². The number of carbonyl (C=O) groups is 1. The average Bonchev–Trinajstić information content (AvgIpc) is 2.51. The molecule has 0 radical (unpaired) electrons. The monoisotopic (exact) mass is 349 g/mol. The number of nitrogens with zero attached hydrogens (tertiary/aromatic N) is 1. The molecule has 1 saturated heterocycles. The first kappa shape index (κ1) is 15.1. The molecule has 1 spiro atoms. The van der Waals surface area contributed by atoms with Crippen molar-refractivity contribution in [2.24, 2.45) is 5.41 Å². The van der Waals surface area contributed by atoms with Crippen LogP contribution in [0.15, 0.2) is 22.7 Å². The van der Waals surface area contributed by atoms with E-state index < -0.39 is 0 Å². The fourth-order valence-electron chi connectivity index (χ4n) is 3.98. The number of hydrogen-bond donors (Lipinski definition) is 0. The van der Waals surface area contributed by atoms with E-state index in [2.05, 4.69) is 20.8 Å². The molecule has 114 valence electrons. The van der Waals surface area contributed by atoms with Crippen molar-refractivity contribution in [3.05, 3.63) is 33.8 Å². The van der Waals surface area contributed by atoms with Crippen molar-refractivity contribution in [3.63, 3.8) is 0 Å². The van der Waals surface area contributed by atoms with Crippen molar-refractivity contribution < 1.29 is 4.79 Å². The lowest BCUT2D eigenvalue weighted by Crippen LogP contribution is -2.44. The van der Waals surface area contributed by atoms with Gasteiger partial charge in [-0.15, -0.1) is 0 Å². The molecule has 1 saturated carbocycles. The predicted octanol–water partition coefficient (Wildman–Crippen LogP) is 4.94. The standard InChI is InChI=1S/C18H24BrNO/c1-14-5-6-15(19)13-16(14)17(21)20-11-9-18(10-12-20)7-3-2-4-8-18/h5-6,13H,2-4,7-12H2,1H3. The number of hydrogen-bond acceptors (Lipinski definition) is 1. The van der Waals surface area contributed by atoms with Crippen LogP contribution < -0.4 is 0 Å². The molecule has 2 aliphatic rings. The lowest BCUT2D eigenvalue weighted by Gasteiger charge is -2.44. The van der Waals surface area contributed by atoms with Crippen molar-refractivity contribution >= 4 is 21.8 Å². The molecule has 0 atom stereocenters. The van der Waals surface area contributed by atoms with Gasteiger partial charge in [-0.2, -0.15) is 0 Å². The van der Waals surface area contributed by atoms with E-state index in [-0.39, 0.29) is 5.91 Å². The van der Waals surface area contributed by atoms with E-state index >= 15 is 0 Å². The van der Waals surface area contributed by atoms with Crippen LogP contribution in [0, 0.1) is 12.3 Å². The van der Waals surface area contributed by atoms with Crippen LogP contribution in [0.1, 0.15) is 60.9 Å². The Morgan fingerprint density at radius 3 is 2.43 bits per heavy atom. The van der Waals surface area contributed by atoms with E-state index in [1.54, 1.807) is 0 Å². The molecule has 1 aliphatic heterocycles. The van der Waals surface area contributed by atoms with Gasteiger partial charge in [0.25, 0.3) is 5.91 Å². The van der Waals surface area contributed by atoms with Gasteiger partial charge in [0.05, 0.1) is 0 Å². The Balaban J connectivity index is 1.69. The largest absolute Gasteiger partial charge is 0.339 e. The van der Waals surface area contributed by atoms with Gasteiger partial charge in [0, 0.05) is 23.1 Å². The molecule has 21 heavy (non-hydrogen) atoms. The van der Waals surface area contributed by atoms with E-state index in [1.165, 1.54) is 44.9 Å². The van der Waals surface area contributed by atoms with Crippen LogP contribution in [0.25, 0.3) is 0 Å². The maximum atomic E-state index is 12.7. The minimum absolute atomic E-state index is 0.208. The zero-order valence-electron chi connectivity index (χ0n) is 12.8. The quantitative estimate of drug-likeness (QED) is 0.702. The fourth-order valence-corrected chi connectivity index (χ4v) is 4.34. The van der Waals surface area contributed by atoms with Crippen LogP contribution in [0.4, 0.5) is 0 Å². The molecule has 1 aromatic carbocycles. The highest BCUT2D eigenvalue weighted by molar-refractivity contribution is 9.10. The minimum atomic E-state index is 0.208. The van der Waals surface area contributed by atoms with Crippen LogP contribution in [0.3, 0.4) is 0 Å². The maximum Gasteiger partial charge on any atom is 0.254 e. The summed E-state index contributed by atoms with van der Waals surface area (Å²) in [5.74, 6) is 0.208. The number of halogens is 1. The summed E-state index contributed by atoms with van der Waals surface area (Å²) in [6.45, 7) is 3.89. The molecule has 1 amide bonds. The van der Waals surface area contributed by atoms with E-state index in [4.69, 9.17) is 0 Å². The molecule has 0 aromatic heterocycles. The highest BCUT2D eigenvalue weighted by atomic mass is 79.9. The Morgan fingerprint density at radius 1 is 1.10 bits per heavy atom. The van der Waals surface area contributed by atoms with E-state index in [9.17, 15) is 4.79 Å².